The van der Waals surface area contributed by atoms with E-state index in [9.17, 15) is 4.79 Å². The highest BCUT2D eigenvalue weighted by Gasteiger charge is 1.92. The van der Waals surface area contributed by atoms with Crippen LogP contribution in [0, 0.1) is 0 Å². The third-order valence-electron chi connectivity index (χ3n) is 1.24. The molecular weight excluding hydrogens is 152 g/mol. The third kappa shape index (κ3) is 7.06. The first-order valence-electron chi connectivity index (χ1n) is 4.01. The van der Waals surface area contributed by atoms with Gasteiger partial charge in [-0.25, -0.2) is 0 Å². The third-order valence-corrected chi connectivity index (χ3v) is 1.24. The van der Waals surface area contributed by atoms with E-state index in [0.717, 1.165) is 6.42 Å². The molecule has 0 aromatic rings. The summed E-state index contributed by atoms with van der Waals surface area (Å²) < 4.78 is 4.82. The topological polar surface area (TPSA) is 26.3 Å². The van der Waals surface area contributed by atoms with E-state index < -0.39 is 0 Å². The molecule has 0 amide bonds. The minimum atomic E-state index is -0.263. The molecule has 68 valence electrons. The summed E-state index contributed by atoms with van der Waals surface area (Å²) in [5.74, 6) is 0.404. The lowest BCUT2D eigenvalue weighted by Crippen LogP contribution is -1.95. The number of carbonyl (C=O) groups excluding carboxylic acids is 1. The number of ether oxygens (including phenoxy) is 1. The Hall–Kier alpha value is -1.05. The molecular formula is C10H16O2. The fraction of sp³-hybridized carbons (Fsp3) is 0.500. The zero-order chi connectivity index (χ0) is 9.56. The lowest BCUT2D eigenvalue weighted by atomic mass is 10.2. The molecule has 0 aromatic carbocycles. The van der Waals surface area contributed by atoms with Gasteiger partial charge in [0, 0.05) is 6.92 Å². The van der Waals surface area contributed by atoms with Crippen molar-refractivity contribution in [3.63, 3.8) is 0 Å². The average molecular weight is 168 g/mol. The fourth-order valence-corrected chi connectivity index (χ4v) is 0.729. The van der Waals surface area contributed by atoms with Gasteiger partial charge in [0.1, 0.15) is 5.76 Å². The quantitative estimate of drug-likeness (QED) is 0.368. The second-order valence-electron chi connectivity index (χ2n) is 2.93. The summed E-state index contributed by atoms with van der Waals surface area (Å²) in [6.07, 6.45) is 4.78. The summed E-state index contributed by atoms with van der Waals surface area (Å²) in [5, 5.41) is 0. The molecule has 2 heteroatoms. The summed E-state index contributed by atoms with van der Waals surface area (Å²) in [4.78, 5) is 10.5. The molecule has 0 rings (SSSR count). The molecule has 0 aliphatic rings. The minimum absolute atomic E-state index is 0.263. The number of esters is 1. The van der Waals surface area contributed by atoms with Crippen LogP contribution in [0.25, 0.3) is 0 Å². The molecule has 0 atom stereocenters. The van der Waals surface area contributed by atoms with Crippen molar-refractivity contribution in [1.29, 1.82) is 0 Å². The number of hydrogen-bond donors (Lipinski definition) is 0. The predicted molar refractivity (Wildman–Crippen MR) is 49.6 cm³/mol. The first-order chi connectivity index (χ1) is 5.52. The van der Waals surface area contributed by atoms with Crippen molar-refractivity contribution in [1.82, 2.24) is 0 Å². The standard InChI is InChI=1S/C10H16O2/c1-8(2)6-5-7-9(3)12-10(4)11/h6-7H,5H2,1-4H3/b9-7+. The van der Waals surface area contributed by atoms with Crippen LogP contribution in [0.5, 0.6) is 0 Å². The summed E-state index contributed by atoms with van der Waals surface area (Å²) in [7, 11) is 0. The maximum absolute atomic E-state index is 10.5. The van der Waals surface area contributed by atoms with Crippen molar-refractivity contribution in [3.8, 4) is 0 Å². The molecule has 2 nitrogen and oxygen atoms in total. The van der Waals surface area contributed by atoms with Crippen LogP contribution in [0.4, 0.5) is 0 Å². The molecule has 0 spiro atoms. The van der Waals surface area contributed by atoms with Crippen LogP contribution in [0.1, 0.15) is 34.1 Å². The summed E-state index contributed by atoms with van der Waals surface area (Å²) in [6.45, 7) is 7.25. The minimum Gasteiger partial charge on any atom is -0.432 e. The molecule has 0 saturated heterocycles. The van der Waals surface area contributed by atoms with Gasteiger partial charge in [0.05, 0.1) is 0 Å². The Morgan fingerprint density at radius 3 is 2.17 bits per heavy atom. The second-order valence-corrected chi connectivity index (χ2v) is 2.93. The fourth-order valence-electron chi connectivity index (χ4n) is 0.729. The van der Waals surface area contributed by atoms with Crippen molar-refractivity contribution >= 4 is 5.97 Å². The van der Waals surface area contributed by atoms with Crippen LogP contribution < -0.4 is 0 Å². The number of hydrogen-bond acceptors (Lipinski definition) is 2. The molecule has 0 aromatic heterocycles. The highest BCUT2D eigenvalue weighted by Crippen LogP contribution is 2.00. The molecule has 0 saturated carbocycles. The molecule has 0 fully saturated rings. The SMILES string of the molecule is CC(=O)O/C(C)=C/CC=C(C)C. The van der Waals surface area contributed by atoms with Crippen LogP contribution in [0.2, 0.25) is 0 Å². The normalized spacial score (nSPS) is 10.8. The highest BCUT2D eigenvalue weighted by molar-refractivity contribution is 5.67. The predicted octanol–water partition coefficient (Wildman–Crippen LogP) is 2.81. The summed E-state index contributed by atoms with van der Waals surface area (Å²) >= 11 is 0. The zero-order valence-corrected chi connectivity index (χ0v) is 8.18. The first kappa shape index (κ1) is 11.0. The van der Waals surface area contributed by atoms with Gasteiger partial charge in [-0.05, 0) is 33.3 Å². The molecule has 0 radical (unpaired) electrons. The second kappa shape index (κ2) is 5.58. The van der Waals surface area contributed by atoms with Gasteiger partial charge >= 0.3 is 5.97 Å². The lowest BCUT2D eigenvalue weighted by Gasteiger charge is -1.98. The van der Waals surface area contributed by atoms with Gasteiger partial charge in [0.25, 0.3) is 0 Å². The average Bonchev–Trinajstić information content (AvgIpc) is 1.84. The van der Waals surface area contributed by atoms with Gasteiger partial charge in [0.2, 0.25) is 0 Å². The molecule has 0 aliphatic carbocycles. The van der Waals surface area contributed by atoms with Crippen molar-refractivity contribution < 1.29 is 9.53 Å². The molecule has 12 heavy (non-hydrogen) atoms. The molecule has 0 N–H and O–H groups in total. The maximum Gasteiger partial charge on any atom is 0.307 e. The van der Waals surface area contributed by atoms with Crippen LogP contribution in [0.15, 0.2) is 23.5 Å². The molecule has 0 unspecified atom stereocenters. The Kier molecular flexibility index (Phi) is 5.09. The van der Waals surface area contributed by atoms with E-state index in [0.29, 0.717) is 5.76 Å². The van der Waals surface area contributed by atoms with E-state index in [1.807, 2.05) is 19.9 Å². The van der Waals surface area contributed by atoms with E-state index >= 15 is 0 Å². The largest absolute Gasteiger partial charge is 0.432 e. The van der Waals surface area contributed by atoms with E-state index in [2.05, 4.69) is 6.08 Å². The number of carbonyl (C=O) groups is 1. The van der Waals surface area contributed by atoms with Crippen LogP contribution in [-0.2, 0) is 9.53 Å². The Labute approximate surface area is 73.9 Å². The Morgan fingerprint density at radius 2 is 1.75 bits per heavy atom. The summed E-state index contributed by atoms with van der Waals surface area (Å²) in [6, 6.07) is 0. The lowest BCUT2D eigenvalue weighted by molar-refractivity contribution is -0.136. The zero-order valence-electron chi connectivity index (χ0n) is 8.18. The molecule has 0 heterocycles. The summed E-state index contributed by atoms with van der Waals surface area (Å²) in [5.41, 5.74) is 1.27. The molecule has 0 aliphatic heterocycles. The van der Waals surface area contributed by atoms with Gasteiger partial charge in [0.15, 0.2) is 0 Å². The van der Waals surface area contributed by atoms with Gasteiger partial charge in [-0.3, -0.25) is 4.79 Å². The smallest absolute Gasteiger partial charge is 0.307 e. The van der Waals surface area contributed by atoms with Crippen LogP contribution >= 0.6 is 0 Å². The van der Waals surface area contributed by atoms with Crippen LogP contribution in [-0.4, -0.2) is 5.97 Å². The number of rotatable bonds is 3. The highest BCUT2D eigenvalue weighted by atomic mass is 16.5. The van der Waals surface area contributed by atoms with E-state index in [1.165, 1.54) is 12.5 Å². The van der Waals surface area contributed by atoms with E-state index in [4.69, 9.17) is 4.74 Å². The van der Waals surface area contributed by atoms with Gasteiger partial charge in [-0.15, -0.1) is 0 Å². The first-order valence-corrected chi connectivity index (χ1v) is 4.01. The maximum atomic E-state index is 10.5. The Morgan fingerprint density at radius 1 is 1.17 bits per heavy atom. The van der Waals surface area contributed by atoms with Crippen molar-refractivity contribution in [3.05, 3.63) is 23.5 Å². The monoisotopic (exact) mass is 168 g/mol. The van der Waals surface area contributed by atoms with Crippen molar-refractivity contribution in [2.24, 2.45) is 0 Å². The van der Waals surface area contributed by atoms with E-state index in [1.54, 1.807) is 6.92 Å². The van der Waals surface area contributed by atoms with Crippen LogP contribution in [0.3, 0.4) is 0 Å². The van der Waals surface area contributed by atoms with Crippen molar-refractivity contribution in [2.75, 3.05) is 0 Å². The number of allylic oxidation sites excluding steroid dienone is 4. The Balaban J connectivity index is 3.85. The van der Waals surface area contributed by atoms with Gasteiger partial charge in [-0.1, -0.05) is 11.6 Å². The van der Waals surface area contributed by atoms with Gasteiger partial charge < -0.3 is 4.74 Å². The Bertz CT molecular complexity index is 208. The van der Waals surface area contributed by atoms with E-state index in [-0.39, 0.29) is 5.97 Å². The van der Waals surface area contributed by atoms with Crippen molar-refractivity contribution in [2.45, 2.75) is 34.1 Å². The van der Waals surface area contributed by atoms with Gasteiger partial charge in [-0.2, -0.15) is 0 Å². The molecule has 0 bridgehead atoms.